The van der Waals surface area contributed by atoms with Gasteiger partial charge >= 0.3 is 0 Å². The molecule has 1 aliphatic carbocycles. The van der Waals surface area contributed by atoms with Crippen LogP contribution in [0.15, 0.2) is 54.1 Å². The van der Waals surface area contributed by atoms with Crippen molar-refractivity contribution < 1.29 is 17.7 Å². The van der Waals surface area contributed by atoms with Crippen LogP contribution >= 0.6 is 0 Å². The van der Waals surface area contributed by atoms with Gasteiger partial charge in [-0.15, -0.1) is 0 Å². The van der Waals surface area contributed by atoms with Gasteiger partial charge in [0.2, 0.25) is 0 Å². The molecule has 0 radical (unpaired) electrons. The number of rotatable bonds is 6. The summed E-state index contributed by atoms with van der Waals surface area (Å²) in [6, 6.07) is 9.70. The molecule has 0 aromatic heterocycles. The van der Waals surface area contributed by atoms with E-state index >= 15 is 0 Å². The van der Waals surface area contributed by atoms with Crippen LogP contribution in [0.5, 0.6) is 0 Å². The van der Waals surface area contributed by atoms with Gasteiger partial charge in [-0.3, -0.25) is 4.55 Å². The molecule has 0 fully saturated rings. The Balaban J connectivity index is 2.05. The largest absolute Gasteiger partial charge is 0.376 e. The van der Waals surface area contributed by atoms with Crippen molar-refractivity contribution in [2.75, 3.05) is 6.61 Å². The van der Waals surface area contributed by atoms with E-state index < -0.39 is 14.9 Å². The summed E-state index contributed by atoms with van der Waals surface area (Å²) in [4.78, 5) is 0. The van der Waals surface area contributed by atoms with E-state index in [1.54, 1.807) is 19.1 Å². The number of ether oxygens (including phenoxy) is 1. The first kappa shape index (κ1) is 16.9. The van der Waals surface area contributed by atoms with Gasteiger partial charge in [-0.1, -0.05) is 61.1 Å². The van der Waals surface area contributed by atoms with Crippen LogP contribution in [0.2, 0.25) is 0 Å². The highest BCUT2D eigenvalue weighted by atomic mass is 32.2. The van der Waals surface area contributed by atoms with E-state index in [-0.39, 0.29) is 18.9 Å². The highest BCUT2D eigenvalue weighted by Crippen LogP contribution is 2.36. The Hall–Kier alpha value is -1.43. The summed E-state index contributed by atoms with van der Waals surface area (Å²) in [6.07, 6.45) is 5.44. The van der Waals surface area contributed by atoms with Crippen LogP contribution in [-0.4, -0.2) is 24.3 Å². The van der Waals surface area contributed by atoms with Crippen LogP contribution in [-0.2, 0) is 21.5 Å². The van der Waals surface area contributed by atoms with Crippen molar-refractivity contribution in [3.8, 4) is 0 Å². The van der Waals surface area contributed by atoms with E-state index in [1.807, 2.05) is 43.3 Å². The van der Waals surface area contributed by atoms with Gasteiger partial charge in [-0.2, -0.15) is 8.42 Å². The summed E-state index contributed by atoms with van der Waals surface area (Å²) in [7, 11) is -4.22. The Morgan fingerprint density at radius 3 is 2.55 bits per heavy atom. The maximum absolute atomic E-state index is 11.9. The standard InChI is InChI=1S/C17H22O4S/c1-14-8-10-17(11-9-14,22(18,19)20)15(2)12-21-13-16-6-4-3-5-7-16/h3-10,15H,11-13H2,1-2H3,(H,18,19,20)/t15?,17-/m0/s1. The molecule has 1 aromatic rings. The quantitative estimate of drug-likeness (QED) is 0.816. The third kappa shape index (κ3) is 3.66. The molecule has 0 heterocycles. The minimum absolute atomic E-state index is 0.256. The fourth-order valence-corrected chi connectivity index (χ4v) is 3.72. The molecule has 1 N–H and O–H groups in total. The number of benzene rings is 1. The summed E-state index contributed by atoms with van der Waals surface area (Å²) >= 11 is 0. The van der Waals surface area contributed by atoms with Crippen LogP contribution in [0.4, 0.5) is 0 Å². The first-order valence-electron chi connectivity index (χ1n) is 7.30. The minimum Gasteiger partial charge on any atom is -0.376 e. The maximum Gasteiger partial charge on any atom is 0.274 e. The molecule has 1 aliphatic rings. The van der Waals surface area contributed by atoms with E-state index in [0.717, 1.165) is 11.1 Å². The van der Waals surface area contributed by atoms with Crippen molar-refractivity contribution in [2.45, 2.75) is 31.6 Å². The van der Waals surface area contributed by atoms with E-state index in [4.69, 9.17) is 4.74 Å². The smallest absolute Gasteiger partial charge is 0.274 e. The van der Waals surface area contributed by atoms with Crippen LogP contribution in [0.1, 0.15) is 25.8 Å². The molecule has 22 heavy (non-hydrogen) atoms. The Morgan fingerprint density at radius 2 is 2.00 bits per heavy atom. The zero-order valence-corrected chi connectivity index (χ0v) is 13.7. The Bertz CT molecular complexity index is 661. The van der Waals surface area contributed by atoms with E-state index in [9.17, 15) is 13.0 Å². The van der Waals surface area contributed by atoms with Crippen molar-refractivity contribution >= 4 is 10.1 Å². The summed E-state index contributed by atoms with van der Waals surface area (Å²) in [5.41, 5.74) is 2.03. The second kappa shape index (κ2) is 6.77. The molecule has 1 unspecified atom stereocenters. The molecule has 2 atom stereocenters. The van der Waals surface area contributed by atoms with Crippen LogP contribution in [0, 0.1) is 5.92 Å². The molecule has 0 saturated heterocycles. The lowest BCUT2D eigenvalue weighted by Crippen LogP contribution is -2.45. The first-order chi connectivity index (χ1) is 10.3. The second-order valence-corrected chi connectivity index (χ2v) is 7.53. The summed E-state index contributed by atoms with van der Waals surface area (Å²) in [5.74, 6) is -0.355. The van der Waals surface area contributed by atoms with Crippen molar-refractivity contribution in [1.82, 2.24) is 0 Å². The van der Waals surface area contributed by atoms with Gasteiger partial charge in [0.25, 0.3) is 10.1 Å². The zero-order chi connectivity index (χ0) is 16.2. The van der Waals surface area contributed by atoms with Crippen LogP contribution < -0.4 is 0 Å². The van der Waals surface area contributed by atoms with Gasteiger partial charge in [0.05, 0.1) is 13.2 Å². The van der Waals surface area contributed by atoms with Crippen LogP contribution in [0.3, 0.4) is 0 Å². The molecule has 4 nitrogen and oxygen atoms in total. The molecular weight excluding hydrogens is 300 g/mol. The molecule has 2 rings (SSSR count). The predicted octanol–water partition coefficient (Wildman–Crippen LogP) is 3.37. The van der Waals surface area contributed by atoms with E-state index in [1.165, 1.54) is 0 Å². The Labute approximate surface area is 132 Å². The fourth-order valence-electron chi connectivity index (χ4n) is 2.61. The molecule has 1 aromatic carbocycles. The van der Waals surface area contributed by atoms with Crippen molar-refractivity contribution in [3.63, 3.8) is 0 Å². The van der Waals surface area contributed by atoms with E-state index in [2.05, 4.69) is 0 Å². The molecule has 0 amide bonds. The topological polar surface area (TPSA) is 63.6 Å². The Morgan fingerprint density at radius 1 is 1.32 bits per heavy atom. The van der Waals surface area contributed by atoms with Gasteiger partial charge < -0.3 is 4.74 Å². The predicted molar refractivity (Wildman–Crippen MR) is 87.1 cm³/mol. The average Bonchev–Trinajstić information content (AvgIpc) is 2.48. The lowest BCUT2D eigenvalue weighted by Gasteiger charge is -2.34. The van der Waals surface area contributed by atoms with Crippen molar-refractivity contribution in [3.05, 3.63) is 59.7 Å². The Kier molecular flexibility index (Phi) is 5.21. The molecular formula is C17H22O4S. The molecule has 120 valence electrons. The highest BCUT2D eigenvalue weighted by molar-refractivity contribution is 7.87. The van der Waals surface area contributed by atoms with Crippen LogP contribution in [0.25, 0.3) is 0 Å². The lowest BCUT2D eigenvalue weighted by molar-refractivity contribution is 0.0822. The monoisotopic (exact) mass is 322 g/mol. The molecule has 0 bridgehead atoms. The third-order valence-electron chi connectivity index (χ3n) is 4.17. The van der Waals surface area contributed by atoms with Gasteiger partial charge in [0.1, 0.15) is 4.75 Å². The van der Waals surface area contributed by atoms with Crippen molar-refractivity contribution in [1.29, 1.82) is 0 Å². The van der Waals surface area contributed by atoms with Gasteiger partial charge in [0.15, 0.2) is 0 Å². The fraction of sp³-hybridized carbons (Fsp3) is 0.412. The summed E-state index contributed by atoms with van der Waals surface area (Å²) in [5, 5.41) is 0. The second-order valence-electron chi connectivity index (χ2n) is 5.82. The van der Waals surface area contributed by atoms with Gasteiger partial charge in [0, 0.05) is 5.92 Å². The van der Waals surface area contributed by atoms with E-state index in [0.29, 0.717) is 6.61 Å². The molecule has 5 heteroatoms. The van der Waals surface area contributed by atoms with Crippen molar-refractivity contribution in [2.24, 2.45) is 5.92 Å². The van der Waals surface area contributed by atoms with Gasteiger partial charge in [-0.05, 0) is 18.9 Å². The lowest BCUT2D eigenvalue weighted by atomic mass is 9.86. The molecule has 0 aliphatic heterocycles. The first-order valence-corrected chi connectivity index (χ1v) is 8.74. The number of allylic oxidation sites excluding steroid dienone is 3. The SMILES string of the molecule is CC1=CC[C@@](C(C)COCc2ccccc2)(S(=O)(=O)O)C=C1. The average molecular weight is 322 g/mol. The minimum atomic E-state index is -4.22. The summed E-state index contributed by atoms with van der Waals surface area (Å²) in [6.45, 7) is 4.37. The maximum atomic E-state index is 11.9. The van der Waals surface area contributed by atoms with Gasteiger partial charge in [-0.25, -0.2) is 0 Å². The number of hydrogen-bond acceptors (Lipinski definition) is 3. The normalized spacial score (nSPS) is 23.1. The third-order valence-corrected chi connectivity index (χ3v) is 5.83. The summed E-state index contributed by atoms with van der Waals surface area (Å²) < 4.78 is 37.9. The number of hydrogen-bond donors (Lipinski definition) is 1. The molecule has 0 saturated carbocycles. The zero-order valence-electron chi connectivity index (χ0n) is 12.9. The molecule has 0 spiro atoms. The highest BCUT2D eigenvalue weighted by Gasteiger charge is 2.45.